The zero-order chi connectivity index (χ0) is 4.28. The number of carbonyl (C=O) groups is 1. The molecule has 6 heavy (non-hydrogen) atoms. The summed E-state index contributed by atoms with van der Waals surface area (Å²) in [5.41, 5.74) is 0. The van der Waals surface area contributed by atoms with E-state index in [1.54, 1.807) is 9.47 Å². The van der Waals surface area contributed by atoms with Crippen LogP contribution in [0.2, 0.25) is 0 Å². The summed E-state index contributed by atoms with van der Waals surface area (Å²) in [6.45, 7) is 0. The fourth-order valence-corrected chi connectivity index (χ4v) is 0. The summed E-state index contributed by atoms with van der Waals surface area (Å²) in [7, 11) is 1.59. The summed E-state index contributed by atoms with van der Waals surface area (Å²) >= 11 is 0. The Kier molecular flexibility index (Phi) is 9.36. The Morgan fingerprint density at radius 1 is 1.83 bits per heavy atom. The summed E-state index contributed by atoms with van der Waals surface area (Å²) in [6, 6.07) is 0. The minimum atomic E-state index is -1.28. The maximum absolute atomic E-state index is 9.12. The van der Waals surface area contributed by atoms with E-state index in [4.69, 9.17) is 9.90 Å². The first-order chi connectivity index (χ1) is 2.27. The van der Waals surface area contributed by atoms with Crippen LogP contribution in [0.1, 0.15) is 0 Å². The molecule has 0 aliphatic rings. The number of hydrogen-bond donors (Lipinski definition) is 1. The second-order valence-corrected chi connectivity index (χ2v) is 0.619. The van der Waals surface area contributed by atoms with Gasteiger partial charge in [0.15, 0.2) is 0 Å². The second kappa shape index (κ2) is 5.70. The predicted molar refractivity (Wildman–Crippen MR) is 26.0 cm³/mol. The van der Waals surface area contributed by atoms with Crippen molar-refractivity contribution in [1.82, 2.24) is 0 Å². The van der Waals surface area contributed by atoms with Gasteiger partial charge in [0.05, 0.1) is 9.47 Å². The Morgan fingerprint density at radius 3 is 2.00 bits per heavy atom. The molecule has 0 aromatic heterocycles. The van der Waals surface area contributed by atoms with Crippen LogP contribution in [0.25, 0.3) is 0 Å². The molecule has 1 N–H and O–H groups in total. The molecule has 32 valence electrons. The van der Waals surface area contributed by atoms with Crippen molar-refractivity contribution in [2.45, 2.75) is 0 Å². The molecule has 1 unspecified atom stereocenters. The third kappa shape index (κ3) is 8.83. The van der Waals surface area contributed by atoms with E-state index in [0.717, 1.165) is 0 Å². The zero-order valence-corrected chi connectivity index (χ0v) is 3.50. The van der Waals surface area contributed by atoms with Gasteiger partial charge in [-0.25, -0.2) is 4.79 Å². The Labute approximate surface area is 59.6 Å². The normalized spacial score (nSPS) is 5.50. The van der Waals surface area contributed by atoms with Gasteiger partial charge in [0.1, 0.15) is 0 Å². The molecule has 0 bridgehead atoms. The molecule has 0 aromatic carbocycles. The fraction of sp³-hybridized carbons (Fsp3) is 0. The predicted octanol–water partition coefficient (Wildman–Crippen LogP) is -0.177. The van der Waals surface area contributed by atoms with Crippen LogP contribution in [-0.4, -0.2) is 40.8 Å². The van der Waals surface area contributed by atoms with Crippen molar-refractivity contribution in [2.24, 2.45) is 0 Å². The Bertz CT molecular complexity index is 46.1. The van der Waals surface area contributed by atoms with Crippen molar-refractivity contribution in [3.63, 3.8) is 0 Å². The minimum absolute atomic E-state index is 0. The van der Waals surface area contributed by atoms with E-state index in [1.165, 1.54) is 0 Å². The Morgan fingerprint density at radius 2 is 2.00 bits per heavy atom. The first kappa shape index (κ1) is 9.85. The molecule has 0 fully saturated rings. The molecule has 0 saturated carbocycles. The summed E-state index contributed by atoms with van der Waals surface area (Å²) in [5, 5.41) is 7.48. The molecule has 0 rings (SSSR count). The Balaban J connectivity index is 0. The Hall–Kier alpha value is 0.700. The molecule has 0 saturated heterocycles. The fourth-order valence-electron chi connectivity index (χ4n) is 0. The van der Waals surface area contributed by atoms with E-state index in [2.05, 4.69) is 4.52 Å². The van der Waals surface area contributed by atoms with Crippen LogP contribution in [0, 0.1) is 0 Å². The molecular weight excluding hydrogens is 114 g/mol. The maximum atomic E-state index is 9.12. The van der Waals surface area contributed by atoms with Gasteiger partial charge < -0.3 is 9.63 Å². The van der Waals surface area contributed by atoms with Gasteiger partial charge in [-0.15, -0.1) is 0 Å². The van der Waals surface area contributed by atoms with Crippen LogP contribution < -0.4 is 0 Å². The van der Waals surface area contributed by atoms with Gasteiger partial charge in [-0.05, 0) is 0 Å². The van der Waals surface area contributed by atoms with E-state index < -0.39 is 6.16 Å². The van der Waals surface area contributed by atoms with Crippen molar-refractivity contribution < 1.29 is 14.4 Å². The molecule has 0 heterocycles. The average molecular weight is 118 g/mol. The van der Waals surface area contributed by atoms with Crippen molar-refractivity contribution in [3.8, 4) is 0 Å². The number of rotatable bonds is 0. The number of carboxylic acid groups (broad SMARTS) is 1. The average Bonchev–Trinajstić information content (AvgIpc) is 1.38. The van der Waals surface area contributed by atoms with Crippen molar-refractivity contribution in [3.05, 3.63) is 0 Å². The van der Waals surface area contributed by atoms with Gasteiger partial charge >= 0.3 is 35.7 Å². The molecule has 0 amide bonds. The van der Waals surface area contributed by atoms with Crippen molar-refractivity contribution in [2.75, 3.05) is 0 Å². The summed E-state index contributed by atoms with van der Waals surface area (Å²) < 4.78 is 3.58. The quantitative estimate of drug-likeness (QED) is 0.354. The van der Waals surface area contributed by atoms with Gasteiger partial charge in [0.2, 0.25) is 0 Å². The van der Waals surface area contributed by atoms with Crippen LogP contribution in [0.5, 0.6) is 0 Å². The third-order valence-corrected chi connectivity index (χ3v) is 0.302. The third-order valence-electron chi connectivity index (χ3n) is 0.101. The van der Waals surface area contributed by atoms with Crippen LogP contribution in [0.3, 0.4) is 0 Å². The van der Waals surface area contributed by atoms with Crippen molar-refractivity contribution >= 4 is 45.2 Å². The first-order valence-corrected chi connectivity index (χ1v) is 1.34. The summed E-state index contributed by atoms with van der Waals surface area (Å²) in [5.74, 6) is 0. The standard InChI is InChI=1S/CH3O3P.Na.H/c2-1(3)4-5;;/h5H2,(H,2,3);;. The zero-order valence-electron chi connectivity index (χ0n) is 2.34. The monoisotopic (exact) mass is 118 g/mol. The van der Waals surface area contributed by atoms with E-state index in [9.17, 15) is 0 Å². The SMILES string of the molecule is O=C(O)OP.[NaH]. The molecule has 0 aliphatic carbocycles. The van der Waals surface area contributed by atoms with Gasteiger partial charge in [-0.3, -0.25) is 0 Å². The molecule has 0 aromatic rings. The molecular formula is CH4NaO3P. The summed E-state index contributed by atoms with van der Waals surface area (Å²) in [4.78, 5) is 9.12. The van der Waals surface area contributed by atoms with Gasteiger partial charge in [0, 0.05) is 0 Å². The van der Waals surface area contributed by atoms with Gasteiger partial charge in [-0.1, -0.05) is 0 Å². The number of hydrogen-bond acceptors (Lipinski definition) is 2. The van der Waals surface area contributed by atoms with Gasteiger partial charge in [-0.2, -0.15) is 0 Å². The van der Waals surface area contributed by atoms with Crippen molar-refractivity contribution in [1.29, 1.82) is 0 Å². The second-order valence-electron chi connectivity index (χ2n) is 0.384. The van der Waals surface area contributed by atoms with Crippen LogP contribution in [0.15, 0.2) is 0 Å². The molecule has 0 spiro atoms. The molecule has 0 radical (unpaired) electrons. The van der Waals surface area contributed by atoms with E-state index in [1.807, 2.05) is 0 Å². The van der Waals surface area contributed by atoms with E-state index in [0.29, 0.717) is 0 Å². The van der Waals surface area contributed by atoms with E-state index >= 15 is 0 Å². The van der Waals surface area contributed by atoms with Crippen LogP contribution in [-0.2, 0) is 4.52 Å². The van der Waals surface area contributed by atoms with Crippen LogP contribution >= 0.6 is 9.47 Å². The van der Waals surface area contributed by atoms with E-state index in [-0.39, 0.29) is 29.6 Å². The topological polar surface area (TPSA) is 46.5 Å². The first-order valence-electron chi connectivity index (χ1n) is 0.868. The van der Waals surface area contributed by atoms with Crippen LogP contribution in [0.4, 0.5) is 4.79 Å². The molecule has 0 aliphatic heterocycles. The molecule has 3 nitrogen and oxygen atoms in total. The summed E-state index contributed by atoms with van der Waals surface area (Å²) in [6.07, 6.45) is -1.28. The molecule has 5 heteroatoms. The van der Waals surface area contributed by atoms with Gasteiger partial charge in [0.25, 0.3) is 0 Å². The molecule has 1 atom stereocenters.